The number of hydrogen-bond donors (Lipinski definition) is 1. The quantitative estimate of drug-likeness (QED) is 0.830. The lowest BCUT2D eigenvalue weighted by Crippen LogP contribution is -2.37. The van der Waals surface area contributed by atoms with E-state index in [4.69, 9.17) is 0 Å². The second-order valence-corrected chi connectivity index (χ2v) is 6.73. The van der Waals surface area contributed by atoms with Crippen molar-refractivity contribution in [3.8, 4) is 0 Å². The van der Waals surface area contributed by atoms with Gasteiger partial charge in [0, 0.05) is 35.4 Å². The molecule has 1 aromatic heterocycles. The molecule has 0 radical (unpaired) electrons. The zero-order valence-corrected chi connectivity index (χ0v) is 14.6. The third kappa shape index (κ3) is 4.31. The number of carbonyl (C=O) groups excluding carboxylic acids is 1. The van der Waals surface area contributed by atoms with Crippen molar-refractivity contribution in [2.45, 2.75) is 18.6 Å². The minimum absolute atomic E-state index is 0.0735. The summed E-state index contributed by atoms with van der Waals surface area (Å²) in [5.41, 5.74) is -0.213. The first-order valence-electron chi connectivity index (χ1n) is 7.67. The number of pyridine rings is 1. The summed E-state index contributed by atoms with van der Waals surface area (Å²) in [6.07, 6.45) is -2.85. The van der Waals surface area contributed by atoms with Crippen molar-refractivity contribution in [3.63, 3.8) is 0 Å². The van der Waals surface area contributed by atoms with E-state index in [-0.39, 0.29) is 11.9 Å². The van der Waals surface area contributed by atoms with Gasteiger partial charge in [0.25, 0.3) is 5.91 Å². The van der Waals surface area contributed by atoms with Crippen LogP contribution in [0.3, 0.4) is 0 Å². The van der Waals surface area contributed by atoms with Crippen LogP contribution < -0.4 is 10.2 Å². The molecule has 1 amide bonds. The Morgan fingerprint density at radius 1 is 1.28 bits per heavy atom. The molecule has 1 N–H and O–H groups in total. The maximum absolute atomic E-state index is 12.6. The van der Waals surface area contributed by atoms with Crippen LogP contribution in [0.15, 0.2) is 47.1 Å². The van der Waals surface area contributed by atoms with Crippen LogP contribution >= 0.6 is 15.9 Å². The summed E-state index contributed by atoms with van der Waals surface area (Å²) in [5.74, 6) is 0.306. The van der Waals surface area contributed by atoms with Gasteiger partial charge in [0.05, 0.1) is 5.56 Å². The van der Waals surface area contributed by atoms with Crippen molar-refractivity contribution < 1.29 is 18.0 Å². The van der Waals surface area contributed by atoms with E-state index >= 15 is 0 Å². The number of carbonyl (C=O) groups is 1. The molecule has 132 valence electrons. The largest absolute Gasteiger partial charge is 0.417 e. The van der Waals surface area contributed by atoms with Crippen molar-refractivity contribution in [2.75, 3.05) is 18.0 Å². The molecule has 1 atom stereocenters. The van der Waals surface area contributed by atoms with Gasteiger partial charge in [-0.1, -0.05) is 22.0 Å². The molecular formula is C17H15BrF3N3O. The number of halogens is 4. The Balaban J connectivity index is 1.61. The van der Waals surface area contributed by atoms with Crippen LogP contribution in [-0.2, 0) is 6.18 Å². The minimum atomic E-state index is -4.39. The molecule has 1 aliphatic rings. The first-order chi connectivity index (χ1) is 11.8. The minimum Gasteiger partial charge on any atom is -0.354 e. The van der Waals surface area contributed by atoms with E-state index in [1.165, 1.54) is 6.07 Å². The average Bonchev–Trinajstić information content (AvgIpc) is 3.02. The zero-order valence-electron chi connectivity index (χ0n) is 13.1. The van der Waals surface area contributed by atoms with Gasteiger partial charge in [0.2, 0.25) is 0 Å². The normalized spacial score (nSPS) is 17.6. The predicted octanol–water partition coefficient (Wildman–Crippen LogP) is 3.87. The van der Waals surface area contributed by atoms with Gasteiger partial charge in [-0.2, -0.15) is 13.2 Å². The number of aromatic nitrogens is 1. The van der Waals surface area contributed by atoms with E-state index in [9.17, 15) is 18.0 Å². The van der Waals surface area contributed by atoms with E-state index in [1.807, 2.05) is 11.0 Å². The van der Waals surface area contributed by atoms with E-state index in [2.05, 4.69) is 26.2 Å². The number of rotatable bonds is 3. The molecule has 8 heteroatoms. The summed E-state index contributed by atoms with van der Waals surface area (Å²) in [5, 5.41) is 2.95. The lowest BCUT2D eigenvalue weighted by molar-refractivity contribution is -0.137. The lowest BCUT2D eigenvalue weighted by atomic mass is 10.2. The van der Waals surface area contributed by atoms with Gasteiger partial charge in [-0.05, 0) is 36.8 Å². The Kier molecular flexibility index (Phi) is 4.99. The molecule has 2 aromatic rings. The van der Waals surface area contributed by atoms with E-state index in [1.54, 1.807) is 18.2 Å². The van der Waals surface area contributed by atoms with Crippen LogP contribution in [0.25, 0.3) is 0 Å². The van der Waals surface area contributed by atoms with Crippen LogP contribution in [0.4, 0.5) is 19.0 Å². The lowest BCUT2D eigenvalue weighted by Gasteiger charge is -2.18. The van der Waals surface area contributed by atoms with Crippen LogP contribution in [-0.4, -0.2) is 30.0 Å². The third-order valence-electron chi connectivity index (χ3n) is 4.01. The SMILES string of the molecule is O=C(NC1CCN(c2ccc(C(F)(F)F)cn2)C1)c1cccc(Br)c1. The molecule has 3 rings (SSSR count). The van der Waals surface area contributed by atoms with Crippen molar-refractivity contribution in [2.24, 2.45) is 0 Å². The topological polar surface area (TPSA) is 45.2 Å². The van der Waals surface area contributed by atoms with Gasteiger partial charge in [0.1, 0.15) is 5.82 Å². The maximum Gasteiger partial charge on any atom is 0.417 e. The molecule has 0 bridgehead atoms. The smallest absolute Gasteiger partial charge is 0.354 e. The number of benzene rings is 1. The summed E-state index contributed by atoms with van der Waals surface area (Å²) in [6.45, 7) is 1.14. The van der Waals surface area contributed by atoms with Gasteiger partial charge in [-0.15, -0.1) is 0 Å². The van der Waals surface area contributed by atoms with Gasteiger partial charge in [-0.25, -0.2) is 4.98 Å². The maximum atomic E-state index is 12.6. The molecule has 1 aliphatic heterocycles. The number of nitrogens with zero attached hydrogens (tertiary/aromatic N) is 2. The fourth-order valence-corrected chi connectivity index (χ4v) is 3.12. The Morgan fingerprint density at radius 2 is 2.08 bits per heavy atom. The number of hydrogen-bond acceptors (Lipinski definition) is 3. The Bertz CT molecular complexity index is 764. The fourth-order valence-electron chi connectivity index (χ4n) is 2.73. The second-order valence-electron chi connectivity index (χ2n) is 5.82. The second kappa shape index (κ2) is 7.03. The van der Waals surface area contributed by atoms with Gasteiger partial charge in [-0.3, -0.25) is 4.79 Å². The molecular weight excluding hydrogens is 399 g/mol. The average molecular weight is 414 g/mol. The summed E-state index contributed by atoms with van der Waals surface area (Å²) in [6, 6.07) is 9.40. The van der Waals surface area contributed by atoms with E-state index < -0.39 is 11.7 Å². The molecule has 2 heterocycles. The summed E-state index contributed by atoms with van der Waals surface area (Å²) < 4.78 is 38.6. The summed E-state index contributed by atoms with van der Waals surface area (Å²) in [7, 11) is 0. The van der Waals surface area contributed by atoms with E-state index in [0.29, 0.717) is 30.9 Å². The third-order valence-corrected chi connectivity index (χ3v) is 4.50. The summed E-state index contributed by atoms with van der Waals surface area (Å²) in [4.78, 5) is 18.0. The number of amides is 1. The first kappa shape index (κ1) is 17.7. The first-order valence-corrected chi connectivity index (χ1v) is 8.47. The Morgan fingerprint density at radius 3 is 2.72 bits per heavy atom. The molecule has 0 saturated carbocycles. The highest BCUT2D eigenvalue weighted by molar-refractivity contribution is 9.10. The number of nitrogens with one attached hydrogen (secondary N) is 1. The highest BCUT2D eigenvalue weighted by Crippen LogP contribution is 2.29. The molecule has 1 aromatic carbocycles. The fraction of sp³-hybridized carbons (Fsp3) is 0.294. The summed E-state index contributed by atoms with van der Waals surface area (Å²) >= 11 is 3.33. The molecule has 25 heavy (non-hydrogen) atoms. The van der Waals surface area contributed by atoms with Crippen molar-refractivity contribution in [1.29, 1.82) is 0 Å². The van der Waals surface area contributed by atoms with Crippen molar-refractivity contribution in [3.05, 3.63) is 58.2 Å². The van der Waals surface area contributed by atoms with E-state index in [0.717, 1.165) is 16.7 Å². The number of alkyl halides is 3. The molecule has 1 fully saturated rings. The highest BCUT2D eigenvalue weighted by atomic mass is 79.9. The van der Waals surface area contributed by atoms with Crippen LogP contribution in [0.2, 0.25) is 0 Å². The molecule has 1 saturated heterocycles. The molecule has 4 nitrogen and oxygen atoms in total. The molecule has 0 spiro atoms. The number of anilines is 1. The van der Waals surface area contributed by atoms with Gasteiger partial charge < -0.3 is 10.2 Å². The monoisotopic (exact) mass is 413 g/mol. The van der Waals surface area contributed by atoms with Crippen LogP contribution in [0, 0.1) is 0 Å². The standard InChI is InChI=1S/C17H15BrF3N3O/c18-13-3-1-2-11(8-13)16(25)23-14-6-7-24(10-14)15-5-4-12(9-22-15)17(19,20)21/h1-5,8-9,14H,6-7,10H2,(H,23,25). The van der Waals surface area contributed by atoms with Gasteiger partial charge >= 0.3 is 6.18 Å². The molecule has 0 aliphatic carbocycles. The predicted molar refractivity (Wildman–Crippen MR) is 91.5 cm³/mol. The Labute approximate surface area is 151 Å². The van der Waals surface area contributed by atoms with Crippen LogP contribution in [0.1, 0.15) is 22.3 Å². The Hall–Kier alpha value is -2.09. The van der Waals surface area contributed by atoms with Gasteiger partial charge in [0.15, 0.2) is 0 Å². The highest BCUT2D eigenvalue weighted by Gasteiger charge is 2.31. The van der Waals surface area contributed by atoms with Crippen molar-refractivity contribution in [1.82, 2.24) is 10.3 Å². The zero-order chi connectivity index (χ0) is 18.0. The van der Waals surface area contributed by atoms with Crippen LogP contribution in [0.5, 0.6) is 0 Å². The molecule has 1 unspecified atom stereocenters. The van der Waals surface area contributed by atoms with Crippen molar-refractivity contribution >= 4 is 27.7 Å².